The van der Waals surface area contributed by atoms with Crippen molar-refractivity contribution in [1.82, 2.24) is 0 Å². The molecule has 0 saturated heterocycles. The van der Waals surface area contributed by atoms with Crippen LogP contribution in [0.1, 0.15) is 25.7 Å². The van der Waals surface area contributed by atoms with Gasteiger partial charge in [0, 0.05) is 19.0 Å². The van der Waals surface area contributed by atoms with Gasteiger partial charge in [0.25, 0.3) is 0 Å². The standard InChI is InChI=1S/C14H18N2O/c17-14(11-5-3-6-11)16-10-4-9-15-12-7-1-2-8-13(12)16/h1-2,7-8,11,15H,3-6,9-10H2. The Bertz CT molecular complexity index is 426. The van der Waals surface area contributed by atoms with E-state index in [4.69, 9.17) is 0 Å². The predicted molar refractivity (Wildman–Crippen MR) is 69.2 cm³/mol. The van der Waals surface area contributed by atoms with Gasteiger partial charge in [-0.15, -0.1) is 0 Å². The second-order valence-corrected chi connectivity index (χ2v) is 4.92. The maximum Gasteiger partial charge on any atom is 0.230 e. The smallest absolute Gasteiger partial charge is 0.230 e. The third-order valence-electron chi connectivity index (χ3n) is 3.79. The molecule has 0 atom stereocenters. The number of hydrogen-bond donors (Lipinski definition) is 1. The van der Waals surface area contributed by atoms with Gasteiger partial charge >= 0.3 is 0 Å². The van der Waals surface area contributed by atoms with Crippen LogP contribution in [0.15, 0.2) is 24.3 Å². The van der Waals surface area contributed by atoms with E-state index >= 15 is 0 Å². The Morgan fingerprint density at radius 2 is 2.06 bits per heavy atom. The van der Waals surface area contributed by atoms with Gasteiger partial charge in [-0.3, -0.25) is 4.79 Å². The second kappa shape index (κ2) is 4.40. The zero-order chi connectivity index (χ0) is 11.7. The molecule has 0 bridgehead atoms. The quantitative estimate of drug-likeness (QED) is 0.804. The lowest BCUT2D eigenvalue weighted by atomic mass is 9.84. The van der Waals surface area contributed by atoms with Gasteiger partial charge in [0.2, 0.25) is 5.91 Å². The summed E-state index contributed by atoms with van der Waals surface area (Å²) in [6.07, 6.45) is 4.38. The Labute approximate surface area is 102 Å². The molecule has 1 aliphatic carbocycles. The van der Waals surface area contributed by atoms with E-state index in [9.17, 15) is 4.79 Å². The number of para-hydroxylation sites is 2. The number of fused-ring (bicyclic) bond motifs is 1. The highest BCUT2D eigenvalue weighted by Gasteiger charge is 2.31. The van der Waals surface area contributed by atoms with Crippen molar-refractivity contribution in [3.8, 4) is 0 Å². The molecule has 0 radical (unpaired) electrons. The van der Waals surface area contributed by atoms with Gasteiger partial charge < -0.3 is 10.2 Å². The summed E-state index contributed by atoms with van der Waals surface area (Å²) in [4.78, 5) is 14.4. The lowest BCUT2D eigenvalue weighted by molar-refractivity contribution is -0.124. The molecule has 1 aromatic rings. The summed E-state index contributed by atoms with van der Waals surface area (Å²) in [7, 11) is 0. The number of carbonyl (C=O) groups is 1. The highest BCUT2D eigenvalue weighted by molar-refractivity contribution is 5.98. The Hall–Kier alpha value is -1.51. The fourth-order valence-electron chi connectivity index (χ4n) is 2.54. The number of anilines is 2. The van der Waals surface area contributed by atoms with E-state index in [1.54, 1.807) is 0 Å². The molecule has 90 valence electrons. The average molecular weight is 230 g/mol. The number of rotatable bonds is 1. The number of nitrogens with one attached hydrogen (secondary N) is 1. The van der Waals surface area contributed by atoms with Crippen LogP contribution >= 0.6 is 0 Å². The summed E-state index contributed by atoms with van der Waals surface area (Å²) in [5.41, 5.74) is 2.15. The van der Waals surface area contributed by atoms with Crippen LogP contribution in [0.3, 0.4) is 0 Å². The number of hydrogen-bond acceptors (Lipinski definition) is 2. The summed E-state index contributed by atoms with van der Waals surface area (Å²) in [6, 6.07) is 8.13. The van der Waals surface area contributed by atoms with Crippen molar-refractivity contribution in [3.05, 3.63) is 24.3 Å². The molecule has 17 heavy (non-hydrogen) atoms. The second-order valence-electron chi connectivity index (χ2n) is 4.92. The van der Waals surface area contributed by atoms with Crippen LogP contribution in [0.5, 0.6) is 0 Å². The molecule has 0 unspecified atom stereocenters. The van der Waals surface area contributed by atoms with Crippen molar-refractivity contribution in [2.24, 2.45) is 5.92 Å². The number of benzene rings is 1. The summed E-state index contributed by atoms with van der Waals surface area (Å²) >= 11 is 0. The highest BCUT2D eigenvalue weighted by Crippen LogP contribution is 2.34. The highest BCUT2D eigenvalue weighted by atomic mass is 16.2. The van der Waals surface area contributed by atoms with Gasteiger partial charge in [-0.2, -0.15) is 0 Å². The first-order valence-corrected chi connectivity index (χ1v) is 6.50. The Balaban J connectivity index is 1.90. The molecule has 1 N–H and O–H groups in total. The number of amides is 1. The molecular weight excluding hydrogens is 212 g/mol. The fourth-order valence-corrected chi connectivity index (χ4v) is 2.54. The monoisotopic (exact) mass is 230 g/mol. The van der Waals surface area contributed by atoms with Crippen LogP contribution in [0.2, 0.25) is 0 Å². The lowest BCUT2D eigenvalue weighted by Gasteiger charge is -2.31. The normalized spacial score (nSPS) is 19.9. The first-order valence-electron chi connectivity index (χ1n) is 6.50. The van der Waals surface area contributed by atoms with E-state index in [1.807, 2.05) is 23.1 Å². The van der Waals surface area contributed by atoms with Crippen molar-refractivity contribution in [3.63, 3.8) is 0 Å². The predicted octanol–water partition coefficient (Wildman–Crippen LogP) is 2.64. The van der Waals surface area contributed by atoms with Crippen LogP contribution in [-0.2, 0) is 4.79 Å². The van der Waals surface area contributed by atoms with Gasteiger partial charge in [-0.1, -0.05) is 18.6 Å². The van der Waals surface area contributed by atoms with Gasteiger partial charge in [-0.05, 0) is 31.4 Å². The van der Waals surface area contributed by atoms with E-state index in [1.165, 1.54) is 6.42 Å². The van der Waals surface area contributed by atoms with Crippen LogP contribution in [0.25, 0.3) is 0 Å². The minimum absolute atomic E-state index is 0.279. The minimum Gasteiger partial charge on any atom is -0.383 e. The van der Waals surface area contributed by atoms with Crippen molar-refractivity contribution >= 4 is 17.3 Å². The van der Waals surface area contributed by atoms with E-state index in [2.05, 4.69) is 11.4 Å². The Morgan fingerprint density at radius 3 is 2.82 bits per heavy atom. The molecule has 3 rings (SSSR count). The minimum atomic E-state index is 0.279. The van der Waals surface area contributed by atoms with Gasteiger partial charge in [0.05, 0.1) is 11.4 Å². The molecule has 2 aliphatic rings. The number of nitrogens with zero attached hydrogens (tertiary/aromatic N) is 1. The van der Waals surface area contributed by atoms with Gasteiger partial charge in [0.1, 0.15) is 0 Å². The molecule has 0 spiro atoms. The van der Waals surface area contributed by atoms with Crippen LogP contribution in [0.4, 0.5) is 11.4 Å². The lowest BCUT2D eigenvalue weighted by Crippen LogP contribution is -2.39. The molecule has 1 amide bonds. The maximum absolute atomic E-state index is 12.4. The van der Waals surface area contributed by atoms with Gasteiger partial charge in [-0.25, -0.2) is 0 Å². The molecule has 1 saturated carbocycles. The first-order chi connectivity index (χ1) is 8.36. The summed E-state index contributed by atoms with van der Waals surface area (Å²) in [5.74, 6) is 0.605. The van der Waals surface area contributed by atoms with Gasteiger partial charge in [0.15, 0.2) is 0 Å². The zero-order valence-electron chi connectivity index (χ0n) is 9.98. The zero-order valence-corrected chi connectivity index (χ0v) is 9.98. The molecule has 3 nitrogen and oxygen atoms in total. The first kappa shape index (κ1) is 10.6. The van der Waals surface area contributed by atoms with E-state index in [-0.39, 0.29) is 5.92 Å². The Morgan fingerprint density at radius 1 is 1.24 bits per heavy atom. The van der Waals surface area contributed by atoms with Crippen molar-refractivity contribution in [1.29, 1.82) is 0 Å². The molecule has 1 heterocycles. The van der Waals surface area contributed by atoms with E-state index in [0.717, 1.165) is 43.7 Å². The third-order valence-corrected chi connectivity index (χ3v) is 3.79. The molecular formula is C14H18N2O. The van der Waals surface area contributed by atoms with Crippen LogP contribution in [-0.4, -0.2) is 19.0 Å². The van der Waals surface area contributed by atoms with Crippen LogP contribution < -0.4 is 10.2 Å². The average Bonchev–Trinajstić information content (AvgIpc) is 2.48. The van der Waals surface area contributed by atoms with Crippen molar-refractivity contribution in [2.75, 3.05) is 23.3 Å². The molecule has 0 aromatic heterocycles. The number of carbonyl (C=O) groups excluding carboxylic acids is 1. The largest absolute Gasteiger partial charge is 0.383 e. The molecule has 1 fully saturated rings. The topological polar surface area (TPSA) is 32.3 Å². The van der Waals surface area contributed by atoms with Crippen molar-refractivity contribution < 1.29 is 4.79 Å². The summed E-state index contributed by atoms with van der Waals surface area (Å²) in [6.45, 7) is 1.80. The van der Waals surface area contributed by atoms with Crippen LogP contribution in [0, 0.1) is 5.92 Å². The Kier molecular flexibility index (Phi) is 2.75. The van der Waals surface area contributed by atoms with E-state index < -0.39 is 0 Å². The SMILES string of the molecule is O=C(C1CCC1)N1CCCNc2ccccc21. The van der Waals surface area contributed by atoms with E-state index in [0.29, 0.717) is 5.91 Å². The van der Waals surface area contributed by atoms with Crippen molar-refractivity contribution in [2.45, 2.75) is 25.7 Å². The third kappa shape index (κ3) is 1.90. The molecule has 1 aromatic carbocycles. The fraction of sp³-hybridized carbons (Fsp3) is 0.500. The maximum atomic E-state index is 12.4. The molecule has 1 aliphatic heterocycles. The summed E-state index contributed by atoms with van der Waals surface area (Å²) in [5, 5.41) is 3.39. The molecule has 3 heteroatoms. The summed E-state index contributed by atoms with van der Waals surface area (Å²) < 4.78 is 0.